The Kier molecular flexibility index (Phi) is 4.20. The van der Waals surface area contributed by atoms with Gasteiger partial charge in [-0.05, 0) is 37.0 Å². The van der Waals surface area contributed by atoms with Crippen LogP contribution in [0.2, 0.25) is 0 Å². The van der Waals surface area contributed by atoms with Crippen LogP contribution < -0.4 is 15.9 Å². The molecule has 6 heteroatoms. The first-order valence-electron chi connectivity index (χ1n) is 7.78. The minimum atomic E-state index is -0.532. The van der Waals surface area contributed by atoms with Crippen molar-refractivity contribution in [1.29, 1.82) is 0 Å². The Morgan fingerprint density at radius 1 is 1.29 bits per heavy atom. The second-order valence-electron chi connectivity index (χ2n) is 5.61. The Morgan fingerprint density at radius 3 is 2.75 bits per heavy atom. The SMILES string of the molecule is CCc1cc(=O)oc2nc(O[C@@H](C)c3ccccc3C)[nH]c(=O)c12. The number of fused-ring (bicyclic) bond motifs is 1. The second kappa shape index (κ2) is 6.31. The molecule has 0 unspecified atom stereocenters. The molecule has 24 heavy (non-hydrogen) atoms. The molecule has 1 N–H and O–H groups in total. The van der Waals surface area contributed by atoms with Crippen LogP contribution in [0.1, 0.15) is 36.6 Å². The Bertz CT molecular complexity index is 1000. The number of benzene rings is 1. The standard InChI is InChI=1S/C18H18N2O4/c1-4-12-9-14(21)24-17-15(12)16(22)19-18(20-17)23-11(3)13-8-6-5-7-10(13)2/h5-9,11H,4H2,1-3H3,(H,19,20,22)/t11-/m0/s1. The van der Waals surface area contributed by atoms with E-state index in [-0.39, 0.29) is 28.8 Å². The van der Waals surface area contributed by atoms with E-state index in [1.165, 1.54) is 6.07 Å². The van der Waals surface area contributed by atoms with E-state index in [1.807, 2.05) is 45.0 Å². The first-order chi connectivity index (χ1) is 11.5. The average Bonchev–Trinajstić information content (AvgIpc) is 2.53. The molecule has 0 radical (unpaired) electrons. The highest BCUT2D eigenvalue weighted by Crippen LogP contribution is 2.22. The summed E-state index contributed by atoms with van der Waals surface area (Å²) in [5.74, 6) is 0. The van der Waals surface area contributed by atoms with Crippen molar-refractivity contribution in [3.05, 3.63) is 67.8 Å². The summed E-state index contributed by atoms with van der Waals surface area (Å²) in [4.78, 5) is 30.7. The van der Waals surface area contributed by atoms with E-state index in [4.69, 9.17) is 9.15 Å². The number of ether oxygens (including phenoxy) is 1. The lowest BCUT2D eigenvalue weighted by atomic mass is 10.1. The summed E-state index contributed by atoms with van der Waals surface area (Å²) < 4.78 is 10.8. The van der Waals surface area contributed by atoms with Crippen LogP contribution in [0.3, 0.4) is 0 Å². The molecule has 3 rings (SSSR count). The summed E-state index contributed by atoms with van der Waals surface area (Å²) in [6, 6.07) is 9.15. The Balaban J connectivity index is 2.04. The molecule has 1 aromatic carbocycles. The fourth-order valence-corrected chi connectivity index (χ4v) is 2.74. The summed E-state index contributed by atoms with van der Waals surface area (Å²) in [7, 11) is 0. The number of aryl methyl sites for hydroxylation is 2. The maximum Gasteiger partial charge on any atom is 0.337 e. The molecule has 0 aliphatic heterocycles. The van der Waals surface area contributed by atoms with Crippen LogP contribution in [-0.2, 0) is 6.42 Å². The van der Waals surface area contributed by atoms with Crippen LogP contribution >= 0.6 is 0 Å². The van der Waals surface area contributed by atoms with Gasteiger partial charge in [0.25, 0.3) is 11.6 Å². The lowest BCUT2D eigenvalue weighted by Gasteiger charge is -2.16. The third-order valence-electron chi connectivity index (χ3n) is 3.97. The average molecular weight is 326 g/mol. The van der Waals surface area contributed by atoms with E-state index >= 15 is 0 Å². The predicted molar refractivity (Wildman–Crippen MR) is 90.5 cm³/mol. The van der Waals surface area contributed by atoms with Crippen molar-refractivity contribution >= 4 is 11.1 Å². The lowest BCUT2D eigenvalue weighted by molar-refractivity contribution is 0.206. The van der Waals surface area contributed by atoms with Gasteiger partial charge in [0.15, 0.2) is 0 Å². The number of H-pyrrole nitrogens is 1. The maximum atomic E-state index is 12.3. The molecule has 0 spiro atoms. The quantitative estimate of drug-likeness (QED) is 0.797. The van der Waals surface area contributed by atoms with Gasteiger partial charge in [-0.2, -0.15) is 4.98 Å². The van der Waals surface area contributed by atoms with E-state index in [0.29, 0.717) is 12.0 Å². The molecule has 0 saturated heterocycles. The van der Waals surface area contributed by atoms with Crippen molar-refractivity contribution in [3.63, 3.8) is 0 Å². The van der Waals surface area contributed by atoms with Gasteiger partial charge in [0, 0.05) is 6.07 Å². The molecule has 0 amide bonds. The summed E-state index contributed by atoms with van der Waals surface area (Å²) in [6.07, 6.45) is 0.222. The zero-order chi connectivity index (χ0) is 17.3. The number of hydrogen-bond acceptors (Lipinski definition) is 5. The Labute approximate surface area is 138 Å². The highest BCUT2D eigenvalue weighted by Gasteiger charge is 2.15. The summed E-state index contributed by atoms with van der Waals surface area (Å²) >= 11 is 0. The first-order valence-corrected chi connectivity index (χ1v) is 7.78. The summed E-state index contributed by atoms with van der Waals surface area (Å²) in [5, 5.41) is 0.285. The largest absolute Gasteiger partial charge is 0.457 e. The number of hydrogen-bond donors (Lipinski definition) is 1. The smallest absolute Gasteiger partial charge is 0.337 e. The molecular formula is C18H18N2O4. The molecule has 2 heterocycles. The summed E-state index contributed by atoms with van der Waals surface area (Å²) in [6.45, 7) is 5.71. The zero-order valence-electron chi connectivity index (χ0n) is 13.8. The maximum absolute atomic E-state index is 12.3. The van der Waals surface area contributed by atoms with Gasteiger partial charge in [0.05, 0.1) is 0 Å². The fourth-order valence-electron chi connectivity index (χ4n) is 2.74. The molecule has 1 atom stereocenters. The van der Waals surface area contributed by atoms with E-state index in [2.05, 4.69) is 9.97 Å². The third-order valence-corrected chi connectivity index (χ3v) is 3.97. The number of nitrogens with zero attached hydrogens (tertiary/aromatic N) is 1. The fraction of sp³-hybridized carbons (Fsp3) is 0.278. The van der Waals surface area contributed by atoms with Crippen molar-refractivity contribution < 1.29 is 9.15 Å². The van der Waals surface area contributed by atoms with Crippen molar-refractivity contribution in [2.75, 3.05) is 0 Å². The molecule has 3 aromatic rings. The normalized spacial score (nSPS) is 12.3. The molecule has 0 bridgehead atoms. The minimum absolute atomic E-state index is 0.00455. The van der Waals surface area contributed by atoms with Crippen molar-refractivity contribution in [1.82, 2.24) is 9.97 Å². The zero-order valence-corrected chi connectivity index (χ0v) is 13.8. The topological polar surface area (TPSA) is 85.2 Å². The third kappa shape index (κ3) is 2.95. The van der Waals surface area contributed by atoms with Crippen LogP contribution in [0, 0.1) is 6.92 Å². The second-order valence-corrected chi connectivity index (χ2v) is 5.61. The van der Waals surface area contributed by atoms with E-state index < -0.39 is 5.63 Å². The number of nitrogens with one attached hydrogen (secondary N) is 1. The predicted octanol–water partition coefficient (Wildman–Crippen LogP) is 2.89. The van der Waals surface area contributed by atoms with Crippen molar-refractivity contribution in [3.8, 4) is 6.01 Å². The van der Waals surface area contributed by atoms with E-state index in [0.717, 1.165) is 11.1 Å². The van der Waals surface area contributed by atoms with Crippen LogP contribution in [0.25, 0.3) is 11.1 Å². The lowest BCUT2D eigenvalue weighted by Crippen LogP contribution is -2.16. The molecular weight excluding hydrogens is 308 g/mol. The van der Waals surface area contributed by atoms with E-state index in [9.17, 15) is 9.59 Å². The molecule has 0 aliphatic rings. The van der Waals surface area contributed by atoms with Crippen LogP contribution in [0.4, 0.5) is 0 Å². The van der Waals surface area contributed by atoms with Gasteiger partial charge in [-0.25, -0.2) is 4.79 Å². The molecule has 0 fully saturated rings. The molecule has 124 valence electrons. The number of aromatic nitrogens is 2. The van der Waals surface area contributed by atoms with Gasteiger partial charge in [-0.3, -0.25) is 9.78 Å². The van der Waals surface area contributed by atoms with Crippen LogP contribution in [0.15, 0.2) is 44.3 Å². The van der Waals surface area contributed by atoms with E-state index in [1.54, 1.807) is 0 Å². The minimum Gasteiger partial charge on any atom is -0.457 e. The molecule has 2 aromatic heterocycles. The Hall–Kier alpha value is -2.89. The number of aromatic amines is 1. The highest BCUT2D eigenvalue weighted by atomic mass is 16.5. The molecule has 6 nitrogen and oxygen atoms in total. The van der Waals surface area contributed by atoms with Crippen molar-refractivity contribution in [2.45, 2.75) is 33.3 Å². The van der Waals surface area contributed by atoms with Gasteiger partial charge in [0.1, 0.15) is 11.5 Å². The molecule has 0 aliphatic carbocycles. The van der Waals surface area contributed by atoms with Gasteiger partial charge >= 0.3 is 5.63 Å². The number of rotatable bonds is 4. The van der Waals surface area contributed by atoms with Gasteiger partial charge < -0.3 is 9.15 Å². The monoisotopic (exact) mass is 326 g/mol. The summed E-state index contributed by atoms with van der Waals surface area (Å²) in [5.41, 5.74) is 1.75. The van der Waals surface area contributed by atoms with Gasteiger partial charge in [-0.15, -0.1) is 0 Å². The van der Waals surface area contributed by atoms with Crippen LogP contribution in [0.5, 0.6) is 6.01 Å². The Morgan fingerprint density at radius 2 is 2.04 bits per heavy atom. The van der Waals surface area contributed by atoms with Crippen molar-refractivity contribution in [2.24, 2.45) is 0 Å². The van der Waals surface area contributed by atoms with Crippen LogP contribution in [-0.4, -0.2) is 9.97 Å². The van der Waals surface area contributed by atoms with Gasteiger partial charge in [0.2, 0.25) is 5.71 Å². The van der Waals surface area contributed by atoms with Gasteiger partial charge in [-0.1, -0.05) is 31.2 Å². The highest BCUT2D eigenvalue weighted by molar-refractivity contribution is 5.75. The molecule has 0 saturated carbocycles. The first kappa shape index (κ1) is 16.0.